The molecule has 0 bridgehead atoms. The third-order valence-corrected chi connectivity index (χ3v) is 6.62. The number of amides is 2. The van der Waals surface area contributed by atoms with Gasteiger partial charge in [-0.2, -0.15) is 0 Å². The van der Waals surface area contributed by atoms with Gasteiger partial charge in [-0.15, -0.1) is 0 Å². The predicted octanol–water partition coefficient (Wildman–Crippen LogP) is 2.80. The molecular formula is C19H40N2O5S. The number of hydrogen-bond donors (Lipinski definition) is 3. The summed E-state index contributed by atoms with van der Waals surface area (Å²) in [4.78, 5) is 20.7. The molecular weight excluding hydrogens is 368 g/mol. The number of aliphatic hydroxyl groups excluding tert-OH is 1. The summed E-state index contributed by atoms with van der Waals surface area (Å²) < 4.78 is 23.8. The van der Waals surface area contributed by atoms with E-state index in [1.54, 1.807) is 20.8 Å². The second-order valence-electron chi connectivity index (χ2n) is 8.79. The lowest BCUT2D eigenvalue weighted by Gasteiger charge is -2.39. The molecule has 7 nitrogen and oxygen atoms in total. The summed E-state index contributed by atoms with van der Waals surface area (Å²) in [5.74, 6) is 0.622. The largest absolute Gasteiger partial charge is 0.389 e. The fourth-order valence-corrected chi connectivity index (χ4v) is 3.90. The monoisotopic (exact) mass is 408 g/mol. The van der Waals surface area contributed by atoms with Crippen LogP contribution in [-0.4, -0.2) is 48.0 Å². The van der Waals surface area contributed by atoms with Gasteiger partial charge < -0.3 is 16.2 Å². The normalized spacial score (nSPS) is 16.3. The van der Waals surface area contributed by atoms with Gasteiger partial charge in [-0.3, -0.25) is 4.79 Å². The summed E-state index contributed by atoms with van der Waals surface area (Å²) in [5.41, 5.74) is 4.52. The molecule has 8 heteroatoms. The van der Waals surface area contributed by atoms with Crippen LogP contribution in [0.5, 0.6) is 0 Å². The van der Waals surface area contributed by atoms with E-state index in [4.69, 9.17) is 10.8 Å². The number of primary amides is 1. The number of sulfone groups is 1. The van der Waals surface area contributed by atoms with E-state index in [0.717, 1.165) is 25.2 Å². The number of rotatable bonds is 4. The van der Waals surface area contributed by atoms with Gasteiger partial charge in [0.2, 0.25) is 0 Å². The van der Waals surface area contributed by atoms with Crippen molar-refractivity contribution < 1.29 is 23.1 Å². The van der Waals surface area contributed by atoms with Crippen molar-refractivity contribution in [1.29, 1.82) is 0 Å². The van der Waals surface area contributed by atoms with Gasteiger partial charge in [-0.25, -0.2) is 13.2 Å². The van der Waals surface area contributed by atoms with Crippen LogP contribution in [0, 0.1) is 5.92 Å². The van der Waals surface area contributed by atoms with Crippen molar-refractivity contribution in [3.8, 4) is 0 Å². The highest BCUT2D eigenvalue weighted by molar-refractivity contribution is 7.92. The molecule has 1 aliphatic carbocycles. The number of nitrogens with two attached hydrogens (primary N) is 1. The van der Waals surface area contributed by atoms with Crippen molar-refractivity contribution in [2.45, 2.75) is 90.9 Å². The summed E-state index contributed by atoms with van der Waals surface area (Å²) >= 11 is 0. The fourth-order valence-electron chi connectivity index (χ4n) is 2.38. The molecule has 0 aromatic rings. The van der Waals surface area contributed by atoms with Crippen molar-refractivity contribution in [3.63, 3.8) is 0 Å². The van der Waals surface area contributed by atoms with Crippen molar-refractivity contribution in [1.82, 2.24) is 5.32 Å². The molecule has 1 rings (SSSR count). The molecule has 0 aromatic heterocycles. The maximum absolute atomic E-state index is 12.3. The first-order valence-corrected chi connectivity index (χ1v) is 11.1. The maximum Gasteiger partial charge on any atom is 0.312 e. The first kappa shape index (κ1) is 28.1. The van der Waals surface area contributed by atoms with E-state index in [1.165, 1.54) is 6.92 Å². The van der Waals surface area contributed by atoms with Crippen molar-refractivity contribution in [3.05, 3.63) is 0 Å². The van der Waals surface area contributed by atoms with E-state index in [1.807, 2.05) is 0 Å². The quantitative estimate of drug-likeness (QED) is 0.659. The van der Waals surface area contributed by atoms with E-state index < -0.39 is 26.2 Å². The second kappa shape index (κ2) is 12.3. The SMILES string of the molecule is CC(=O)CO.CC(C)(C)S(=O)(=O)CC1(NC(N)=O)CCCCC1.CC(C)C. The molecule has 0 spiro atoms. The molecule has 0 saturated heterocycles. The third kappa shape index (κ3) is 13.6. The lowest BCUT2D eigenvalue weighted by atomic mass is 9.83. The maximum atomic E-state index is 12.3. The number of Topliss-reactive ketones (excluding diaryl/α,β-unsaturated/α-hetero) is 1. The molecule has 0 unspecified atom stereocenters. The Labute approximate surface area is 165 Å². The van der Waals surface area contributed by atoms with E-state index >= 15 is 0 Å². The Kier molecular flexibility index (Phi) is 12.8. The summed E-state index contributed by atoms with van der Waals surface area (Å²) in [7, 11) is -3.27. The van der Waals surface area contributed by atoms with Gasteiger partial charge >= 0.3 is 6.03 Å². The van der Waals surface area contributed by atoms with Crippen LogP contribution in [-0.2, 0) is 14.6 Å². The highest BCUT2D eigenvalue weighted by Crippen LogP contribution is 2.32. The smallest absolute Gasteiger partial charge is 0.312 e. The molecule has 4 N–H and O–H groups in total. The van der Waals surface area contributed by atoms with Crippen LogP contribution in [0.3, 0.4) is 0 Å². The molecule has 0 atom stereocenters. The van der Waals surface area contributed by atoms with Gasteiger partial charge in [0.1, 0.15) is 6.61 Å². The fraction of sp³-hybridized carbons (Fsp3) is 0.895. The Bertz CT molecular complexity index is 542. The minimum atomic E-state index is -3.27. The molecule has 0 aliphatic heterocycles. The van der Waals surface area contributed by atoms with Gasteiger partial charge in [0, 0.05) is 0 Å². The zero-order valence-electron chi connectivity index (χ0n) is 18.1. The predicted molar refractivity (Wildman–Crippen MR) is 110 cm³/mol. The zero-order valence-corrected chi connectivity index (χ0v) is 18.9. The zero-order chi connectivity index (χ0) is 21.9. The molecule has 1 aliphatic rings. The van der Waals surface area contributed by atoms with E-state index in [-0.39, 0.29) is 18.1 Å². The average Bonchev–Trinajstić information content (AvgIpc) is 2.45. The summed E-state index contributed by atoms with van der Waals surface area (Å²) in [5, 5.41) is 10.5. The highest BCUT2D eigenvalue weighted by Gasteiger charge is 2.41. The number of aliphatic hydroxyl groups is 1. The number of hydrogen-bond acceptors (Lipinski definition) is 5. The van der Waals surface area contributed by atoms with Crippen LogP contribution in [0.4, 0.5) is 4.79 Å². The van der Waals surface area contributed by atoms with Crippen molar-refractivity contribution in [2.24, 2.45) is 11.7 Å². The number of ketones is 1. The summed E-state index contributed by atoms with van der Waals surface area (Å²) in [6.45, 7) is 12.6. The lowest BCUT2D eigenvalue weighted by Crippen LogP contribution is -2.57. The molecule has 0 aromatic carbocycles. The highest BCUT2D eigenvalue weighted by atomic mass is 32.2. The van der Waals surface area contributed by atoms with Gasteiger partial charge in [-0.1, -0.05) is 40.0 Å². The van der Waals surface area contributed by atoms with E-state index in [0.29, 0.717) is 12.8 Å². The second-order valence-corrected chi connectivity index (χ2v) is 11.5. The molecule has 0 radical (unpaired) electrons. The Hall–Kier alpha value is -1.15. The topological polar surface area (TPSA) is 127 Å². The number of nitrogens with one attached hydrogen (secondary N) is 1. The molecule has 27 heavy (non-hydrogen) atoms. The van der Waals surface area contributed by atoms with Crippen LogP contribution in [0.2, 0.25) is 0 Å². The van der Waals surface area contributed by atoms with Gasteiger partial charge in [-0.05, 0) is 46.5 Å². The molecule has 0 heterocycles. The number of urea groups is 1. The van der Waals surface area contributed by atoms with Crippen LogP contribution >= 0.6 is 0 Å². The summed E-state index contributed by atoms with van der Waals surface area (Å²) in [6.07, 6.45) is 4.31. The Morgan fingerprint density at radius 1 is 1.11 bits per heavy atom. The van der Waals surface area contributed by atoms with Gasteiger partial charge in [0.05, 0.1) is 16.0 Å². The third-order valence-electron chi connectivity index (χ3n) is 3.82. The lowest BCUT2D eigenvalue weighted by molar-refractivity contribution is -0.119. The molecule has 162 valence electrons. The van der Waals surface area contributed by atoms with Crippen molar-refractivity contribution >= 4 is 21.7 Å². The average molecular weight is 409 g/mol. The molecule has 1 fully saturated rings. The summed E-state index contributed by atoms with van der Waals surface area (Å²) in [6, 6.07) is -0.638. The first-order valence-electron chi connectivity index (χ1n) is 9.49. The van der Waals surface area contributed by atoms with E-state index in [9.17, 15) is 18.0 Å². The van der Waals surface area contributed by atoms with Gasteiger partial charge in [0.25, 0.3) is 0 Å². The Balaban J connectivity index is 0. The van der Waals surface area contributed by atoms with Gasteiger partial charge in [0.15, 0.2) is 15.6 Å². The van der Waals surface area contributed by atoms with Crippen LogP contribution in [0.25, 0.3) is 0 Å². The molecule has 2 amide bonds. The standard InChI is InChI=1S/C12H24N2O3S.C4H10.C3H6O2/c1-11(2,3)18(16,17)9-12(14-10(13)15)7-5-4-6-8-12;1-4(2)3;1-3(5)2-4/h4-9H2,1-3H3,(H3,13,14,15);4H,1-3H3;4H,2H2,1H3. The minimum Gasteiger partial charge on any atom is -0.389 e. The number of carbonyl (C=O) groups is 2. The van der Waals surface area contributed by atoms with Crippen molar-refractivity contribution in [2.75, 3.05) is 12.4 Å². The van der Waals surface area contributed by atoms with E-state index in [2.05, 4.69) is 26.1 Å². The van der Waals surface area contributed by atoms with Crippen LogP contribution < -0.4 is 11.1 Å². The Morgan fingerprint density at radius 2 is 1.48 bits per heavy atom. The first-order chi connectivity index (χ1) is 12.1. The molecule has 1 saturated carbocycles. The van der Waals surface area contributed by atoms with Crippen LogP contribution in [0.1, 0.15) is 80.6 Å². The minimum absolute atomic E-state index is 0.0214. The number of carbonyl (C=O) groups excluding carboxylic acids is 2. The Morgan fingerprint density at radius 3 is 1.74 bits per heavy atom. The van der Waals surface area contributed by atoms with Crippen LogP contribution in [0.15, 0.2) is 0 Å².